The Morgan fingerprint density at radius 2 is 2.06 bits per heavy atom. The van der Waals surface area contributed by atoms with Gasteiger partial charge in [0.15, 0.2) is 0 Å². The number of hydrogen-bond acceptors (Lipinski definition) is 3. The Balaban J connectivity index is 2.17. The fraction of sp³-hybridized carbons (Fsp3) is 0.500. The van der Waals surface area contributed by atoms with Crippen LogP contribution in [0.2, 0.25) is 4.34 Å². The summed E-state index contributed by atoms with van der Waals surface area (Å²) in [6.45, 7) is -0.237. The third kappa shape index (κ3) is 3.03. The van der Waals surface area contributed by atoms with E-state index in [1.54, 1.807) is 12.1 Å². The van der Waals surface area contributed by atoms with Crippen LogP contribution in [0, 0.1) is 0 Å². The van der Waals surface area contributed by atoms with Gasteiger partial charge in [0.25, 0.3) is 5.91 Å². The molecule has 98 valence electrons. The smallest absolute Gasteiger partial charge is 0.323 e. The SMILES string of the molecule is O=C(O)CN(C(=O)c1ccc(Cl)s1)C1CCCC1. The Morgan fingerprint density at radius 3 is 2.56 bits per heavy atom. The van der Waals surface area contributed by atoms with Crippen molar-refractivity contribution in [3.8, 4) is 0 Å². The Hall–Kier alpha value is -1.07. The first-order valence-electron chi connectivity index (χ1n) is 5.86. The van der Waals surface area contributed by atoms with Crippen LogP contribution in [0.25, 0.3) is 0 Å². The number of amides is 1. The third-order valence-corrected chi connectivity index (χ3v) is 4.34. The lowest BCUT2D eigenvalue weighted by Gasteiger charge is -2.26. The summed E-state index contributed by atoms with van der Waals surface area (Å²) in [5.74, 6) is -1.20. The fourth-order valence-electron chi connectivity index (χ4n) is 2.30. The standard InChI is InChI=1S/C12H14ClNO3S/c13-10-6-5-9(18-10)12(17)14(7-11(15)16)8-3-1-2-4-8/h5-6,8H,1-4,7H2,(H,15,16). The molecule has 1 aliphatic carbocycles. The summed E-state index contributed by atoms with van der Waals surface area (Å²) < 4.78 is 0.542. The normalized spacial score (nSPS) is 15.8. The highest BCUT2D eigenvalue weighted by molar-refractivity contribution is 7.17. The molecule has 6 heteroatoms. The molecule has 0 radical (unpaired) electrons. The molecule has 0 saturated heterocycles. The van der Waals surface area contributed by atoms with Crippen molar-refractivity contribution in [1.82, 2.24) is 4.90 Å². The van der Waals surface area contributed by atoms with E-state index in [-0.39, 0.29) is 18.5 Å². The number of carboxylic acid groups (broad SMARTS) is 1. The maximum atomic E-state index is 12.3. The number of carbonyl (C=O) groups excluding carboxylic acids is 1. The lowest BCUT2D eigenvalue weighted by molar-refractivity contribution is -0.138. The molecule has 0 aliphatic heterocycles. The molecule has 0 unspecified atom stereocenters. The van der Waals surface area contributed by atoms with Gasteiger partial charge in [-0.25, -0.2) is 0 Å². The molecule has 1 amide bonds. The van der Waals surface area contributed by atoms with Gasteiger partial charge < -0.3 is 10.0 Å². The minimum atomic E-state index is -0.974. The second-order valence-corrected chi connectivity index (χ2v) is 6.08. The molecular formula is C12H14ClNO3S. The summed E-state index contributed by atoms with van der Waals surface area (Å²) in [7, 11) is 0. The molecule has 1 N–H and O–H groups in total. The van der Waals surface area contributed by atoms with Crippen LogP contribution in [0.4, 0.5) is 0 Å². The van der Waals surface area contributed by atoms with Crippen LogP contribution in [0.15, 0.2) is 12.1 Å². The average Bonchev–Trinajstić information content (AvgIpc) is 2.95. The van der Waals surface area contributed by atoms with E-state index in [0.29, 0.717) is 9.21 Å². The molecule has 0 spiro atoms. The van der Waals surface area contributed by atoms with Crippen LogP contribution in [-0.4, -0.2) is 34.5 Å². The summed E-state index contributed by atoms with van der Waals surface area (Å²) in [5, 5.41) is 8.93. The minimum absolute atomic E-state index is 0.0504. The summed E-state index contributed by atoms with van der Waals surface area (Å²) in [4.78, 5) is 25.2. The van der Waals surface area contributed by atoms with Crippen molar-refractivity contribution >= 4 is 34.8 Å². The van der Waals surface area contributed by atoms with Gasteiger partial charge in [0, 0.05) is 6.04 Å². The Kier molecular flexibility index (Phi) is 4.24. The van der Waals surface area contributed by atoms with Crippen LogP contribution in [0.1, 0.15) is 35.4 Å². The topological polar surface area (TPSA) is 57.6 Å². The second-order valence-electron chi connectivity index (χ2n) is 4.37. The van der Waals surface area contributed by atoms with Gasteiger partial charge in [-0.05, 0) is 25.0 Å². The average molecular weight is 288 g/mol. The second kappa shape index (κ2) is 5.71. The maximum absolute atomic E-state index is 12.3. The lowest BCUT2D eigenvalue weighted by Crippen LogP contribution is -2.41. The first-order valence-corrected chi connectivity index (χ1v) is 7.05. The van der Waals surface area contributed by atoms with Gasteiger partial charge in [-0.15, -0.1) is 11.3 Å². The van der Waals surface area contributed by atoms with Gasteiger partial charge >= 0.3 is 5.97 Å². The highest BCUT2D eigenvalue weighted by Gasteiger charge is 2.29. The molecule has 0 atom stereocenters. The Labute approximate surface area is 114 Å². The number of carbonyl (C=O) groups is 2. The Bertz CT molecular complexity index is 454. The first-order chi connectivity index (χ1) is 8.58. The van der Waals surface area contributed by atoms with Crippen molar-refractivity contribution in [3.05, 3.63) is 21.3 Å². The monoisotopic (exact) mass is 287 g/mol. The molecule has 1 aromatic heterocycles. The van der Waals surface area contributed by atoms with Crippen molar-refractivity contribution in [3.63, 3.8) is 0 Å². The summed E-state index contributed by atoms with van der Waals surface area (Å²) in [6, 6.07) is 3.36. The quantitative estimate of drug-likeness (QED) is 0.926. The molecule has 1 fully saturated rings. The highest BCUT2D eigenvalue weighted by Crippen LogP contribution is 2.28. The number of rotatable bonds is 4. The molecule has 0 aromatic carbocycles. The molecule has 1 heterocycles. The number of carboxylic acids is 1. The lowest BCUT2D eigenvalue weighted by atomic mass is 10.2. The predicted octanol–water partition coefficient (Wildman–Crippen LogP) is 2.87. The summed E-state index contributed by atoms with van der Waals surface area (Å²) in [5.41, 5.74) is 0. The minimum Gasteiger partial charge on any atom is -0.480 e. The van der Waals surface area contributed by atoms with Crippen molar-refractivity contribution in [2.75, 3.05) is 6.54 Å². The van der Waals surface area contributed by atoms with Crippen LogP contribution < -0.4 is 0 Å². The van der Waals surface area contributed by atoms with E-state index < -0.39 is 5.97 Å². The Morgan fingerprint density at radius 1 is 1.39 bits per heavy atom. The zero-order valence-corrected chi connectivity index (χ0v) is 11.3. The molecular weight excluding hydrogens is 274 g/mol. The molecule has 1 saturated carbocycles. The van der Waals surface area contributed by atoms with Crippen LogP contribution >= 0.6 is 22.9 Å². The molecule has 4 nitrogen and oxygen atoms in total. The summed E-state index contributed by atoms with van der Waals surface area (Å²) >= 11 is 7.00. The van der Waals surface area contributed by atoms with E-state index in [9.17, 15) is 9.59 Å². The van der Waals surface area contributed by atoms with Gasteiger partial charge in [-0.1, -0.05) is 24.4 Å². The number of nitrogens with zero attached hydrogens (tertiary/aromatic N) is 1. The maximum Gasteiger partial charge on any atom is 0.323 e. The molecule has 1 aromatic rings. The van der Waals surface area contributed by atoms with E-state index in [2.05, 4.69) is 0 Å². The molecule has 0 bridgehead atoms. The molecule has 2 rings (SSSR count). The number of thiophene rings is 1. The number of halogens is 1. The van der Waals surface area contributed by atoms with E-state index >= 15 is 0 Å². The first kappa shape index (κ1) is 13.4. The van der Waals surface area contributed by atoms with Crippen LogP contribution in [0.3, 0.4) is 0 Å². The summed E-state index contributed by atoms with van der Waals surface area (Å²) in [6.07, 6.45) is 3.88. The highest BCUT2D eigenvalue weighted by atomic mass is 35.5. The van der Waals surface area contributed by atoms with Crippen molar-refractivity contribution < 1.29 is 14.7 Å². The van der Waals surface area contributed by atoms with E-state index in [1.165, 1.54) is 16.2 Å². The van der Waals surface area contributed by atoms with Crippen LogP contribution in [-0.2, 0) is 4.79 Å². The van der Waals surface area contributed by atoms with Crippen molar-refractivity contribution in [2.45, 2.75) is 31.7 Å². The predicted molar refractivity (Wildman–Crippen MR) is 70.3 cm³/mol. The zero-order chi connectivity index (χ0) is 13.1. The largest absolute Gasteiger partial charge is 0.480 e. The van der Waals surface area contributed by atoms with Crippen molar-refractivity contribution in [1.29, 1.82) is 0 Å². The third-order valence-electron chi connectivity index (χ3n) is 3.12. The van der Waals surface area contributed by atoms with Gasteiger partial charge in [0.2, 0.25) is 0 Å². The number of hydrogen-bond donors (Lipinski definition) is 1. The van der Waals surface area contributed by atoms with E-state index in [4.69, 9.17) is 16.7 Å². The zero-order valence-electron chi connectivity index (χ0n) is 9.76. The number of aliphatic carboxylic acids is 1. The van der Waals surface area contributed by atoms with Gasteiger partial charge in [-0.2, -0.15) is 0 Å². The van der Waals surface area contributed by atoms with Gasteiger partial charge in [0.1, 0.15) is 6.54 Å². The van der Waals surface area contributed by atoms with Crippen molar-refractivity contribution in [2.24, 2.45) is 0 Å². The van der Waals surface area contributed by atoms with E-state index in [1.807, 2.05) is 0 Å². The molecule has 1 aliphatic rings. The van der Waals surface area contributed by atoms with Gasteiger partial charge in [-0.3, -0.25) is 9.59 Å². The van der Waals surface area contributed by atoms with E-state index in [0.717, 1.165) is 25.7 Å². The van der Waals surface area contributed by atoms with Crippen LogP contribution in [0.5, 0.6) is 0 Å². The van der Waals surface area contributed by atoms with Gasteiger partial charge in [0.05, 0.1) is 9.21 Å². The fourth-order valence-corrected chi connectivity index (χ4v) is 3.30. The molecule has 18 heavy (non-hydrogen) atoms.